The van der Waals surface area contributed by atoms with Crippen molar-refractivity contribution in [2.75, 3.05) is 12.4 Å². The largest absolute Gasteiger partial charge is 0.435 e. The standard InChI is InChI=1S/C16H18F2N2O2S/c1-11(20(2)9-12-7-8-23-10-12)15(21)19-13-3-5-14(6-4-13)22-16(17)18/h3-8,10-11,16H,9H2,1-2H3,(H,19,21)/t11-/m1/s1. The molecule has 0 aliphatic carbocycles. The number of amides is 1. The summed E-state index contributed by atoms with van der Waals surface area (Å²) in [6.45, 7) is -0.365. The van der Waals surface area contributed by atoms with Crippen LogP contribution in [0.3, 0.4) is 0 Å². The minimum atomic E-state index is -2.86. The number of carbonyl (C=O) groups excluding carboxylic acids is 1. The van der Waals surface area contributed by atoms with Gasteiger partial charge in [-0.1, -0.05) is 0 Å². The van der Waals surface area contributed by atoms with Gasteiger partial charge in [0.15, 0.2) is 0 Å². The molecule has 0 unspecified atom stereocenters. The highest BCUT2D eigenvalue weighted by molar-refractivity contribution is 7.07. The van der Waals surface area contributed by atoms with Gasteiger partial charge >= 0.3 is 6.61 Å². The summed E-state index contributed by atoms with van der Waals surface area (Å²) in [7, 11) is 1.88. The Bertz CT molecular complexity index is 618. The van der Waals surface area contributed by atoms with Crippen LogP contribution in [0, 0.1) is 0 Å². The highest BCUT2D eigenvalue weighted by Gasteiger charge is 2.18. The predicted octanol–water partition coefficient (Wildman–Crippen LogP) is 3.81. The van der Waals surface area contributed by atoms with Crippen molar-refractivity contribution >= 4 is 22.9 Å². The third-order valence-corrected chi connectivity index (χ3v) is 4.13. The first kappa shape index (κ1) is 17.4. The Kier molecular flexibility index (Phi) is 6.06. The lowest BCUT2D eigenvalue weighted by Crippen LogP contribution is -2.39. The number of thiophene rings is 1. The molecule has 0 saturated heterocycles. The summed E-state index contributed by atoms with van der Waals surface area (Å²) in [5.41, 5.74) is 1.69. The highest BCUT2D eigenvalue weighted by Crippen LogP contribution is 2.18. The molecular weight excluding hydrogens is 322 g/mol. The average Bonchev–Trinajstić information content (AvgIpc) is 3.00. The summed E-state index contributed by atoms with van der Waals surface area (Å²) in [5, 5.41) is 6.80. The molecule has 0 saturated carbocycles. The molecule has 1 atom stereocenters. The minimum absolute atomic E-state index is 0.0561. The summed E-state index contributed by atoms with van der Waals surface area (Å²) in [4.78, 5) is 14.2. The number of alkyl halides is 2. The van der Waals surface area contributed by atoms with Gasteiger partial charge in [-0.3, -0.25) is 9.69 Å². The third-order valence-electron chi connectivity index (χ3n) is 3.40. The first-order valence-electron chi connectivity index (χ1n) is 7.03. The average molecular weight is 340 g/mol. The van der Waals surface area contributed by atoms with Crippen molar-refractivity contribution in [3.8, 4) is 5.75 Å². The number of nitrogens with one attached hydrogen (secondary N) is 1. The zero-order chi connectivity index (χ0) is 16.8. The second-order valence-electron chi connectivity index (χ2n) is 5.11. The molecular formula is C16H18F2N2O2S. The molecule has 1 N–H and O–H groups in total. The number of hydrogen-bond acceptors (Lipinski definition) is 4. The molecule has 23 heavy (non-hydrogen) atoms. The van der Waals surface area contributed by atoms with Crippen LogP contribution in [-0.4, -0.2) is 30.5 Å². The fourth-order valence-electron chi connectivity index (χ4n) is 1.97. The van der Waals surface area contributed by atoms with Gasteiger partial charge in [-0.2, -0.15) is 20.1 Å². The van der Waals surface area contributed by atoms with Gasteiger partial charge in [-0.25, -0.2) is 0 Å². The molecule has 124 valence electrons. The zero-order valence-electron chi connectivity index (χ0n) is 12.8. The van der Waals surface area contributed by atoms with Crippen LogP contribution in [0.4, 0.5) is 14.5 Å². The van der Waals surface area contributed by atoms with Crippen molar-refractivity contribution in [3.63, 3.8) is 0 Å². The van der Waals surface area contributed by atoms with Crippen molar-refractivity contribution in [1.29, 1.82) is 0 Å². The van der Waals surface area contributed by atoms with Gasteiger partial charge in [-0.15, -0.1) is 0 Å². The molecule has 0 bridgehead atoms. The van der Waals surface area contributed by atoms with Gasteiger partial charge in [0, 0.05) is 12.2 Å². The number of carbonyl (C=O) groups is 1. The van der Waals surface area contributed by atoms with Crippen LogP contribution in [-0.2, 0) is 11.3 Å². The quantitative estimate of drug-likeness (QED) is 0.833. The minimum Gasteiger partial charge on any atom is -0.435 e. The molecule has 0 radical (unpaired) electrons. The second kappa shape index (κ2) is 8.03. The van der Waals surface area contributed by atoms with Gasteiger partial charge in [0.25, 0.3) is 0 Å². The van der Waals surface area contributed by atoms with Gasteiger partial charge in [-0.05, 0) is 60.6 Å². The normalized spacial score (nSPS) is 12.4. The summed E-state index contributed by atoms with van der Waals surface area (Å²) < 4.78 is 28.4. The number of benzene rings is 1. The monoisotopic (exact) mass is 340 g/mol. The maximum absolute atomic E-state index is 12.2. The van der Waals surface area contributed by atoms with E-state index < -0.39 is 6.61 Å². The molecule has 0 fully saturated rings. The topological polar surface area (TPSA) is 41.6 Å². The number of anilines is 1. The van der Waals surface area contributed by atoms with Crippen molar-refractivity contribution in [3.05, 3.63) is 46.7 Å². The predicted molar refractivity (Wildman–Crippen MR) is 87.0 cm³/mol. The van der Waals surface area contributed by atoms with E-state index in [4.69, 9.17) is 0 Å². The maximum Gasteiger partial charge on any atom is 0.387 e. The number of halogens is 2. The lowest BCUT2D eigenvalue weighted by atomic mass is 10.2. The summed E-state index contributed by atoms with van der Waals surface area (Å²) in [5.74, 6) is -0.106. The van der Waals surface area contributed by atoms with E-state index in [0.29, 0.717) is 12.2 Å². The van der Waals surface area contributed by atoms with Crippen molar-refractivity contribution in [1.82, 2.24) is 4.90 Å². The van der Waals surface area contributed by atoms with Crippen LogP contribution in [0.25, 0.3) is 0 Å². The molecule has 0 aliphatic rings. The molecule has 1 amide bonds. The van der Waals surface area contributed by atoms with Gasteiger partial charge in [0.05, 0.1) is 6.04 Å². The Labute approximate surface area is 137 Å². The lowest BCUT2D eigenvalue weighted by molar-refractivity contribution is -0.120. The van der Waals surface area contributed by atoms with Crippen molar-refractivity contribution in [2.45, 2.75) is 26.1 Å². The van der Waals surface area contributed by atoms with Gasteiger partial charge < -0.3 is 10.1 Å². The summed E-state index contributed by atoms with van der Waals surface area (Å²) >= 11 is 1.62. The van der Waals surface area contributed by atoms with E-state index in [-0.39, 0.29) is 17.7 Å². The van der Waals surface area contributed by atoms with E-state index in [1.165, 1.54) is 24.3 Å². The highest BCUT2D eigenvalue weighted by atomic mass is 32.1. The van der Waals surface area contributed by atoms with E-state index in [1.807, 2.05) is 35.7 Å². The molecule has 7 heteroatoms. The fourth-order valence-corrected chi connectivity index (χ4v) is 2.63. The van der Waals surface area contributed by atoms with Crippen LogP contribution in [0.1, 0.15) is 12.5 Å². The van der Waals surface area contributed by atoms with Crippen molar-refractivity contribution < 1.29 is 18.3 Å². The van der Waals surface area contributed by atoms with Crippen LogP contribution in [0.15, 0.2) is 41.1 Å². The van der Waals surface area contributed by atoms with E-state index in [9.17, 15) is 13.6 Å². The number of likely N-dealkylation sites (N-methyl/N-ethyl adjacent to an activating group) is 1. The number of rotatable bonds is 7. The first-order chi connectivity index (χ1) is 11.0. The Morgan fingerprint density at radius 1 is 1.30 bits per heavy atom. The van der Waals surface area contributed by atoms with Gasteiger partial charge in [0.2, 0.25) is 5.91 Å². The Hall–Kier alpha value is -1.99. The molecule has 0 spiro atoms. The summed E-state index contributed by atoms with van der Waals surface area (Å²) in [6.07, 6.45) is 0. The van der Waals surface area contributed by atoms with Crippen LogP contribution < -0.4 is 10.1 Å². The number of ether oxygens (including phenoxy) is 1. The maximum atomic E-state index is 12.2. The molecule has 0 aliphatic heterocycles. The van der Waals surface area contributed by atoms with E-state index in [0.717, 1.165) is 5.56 Å². The molecule has 1 aromatic heterocycles. The molecule has 1 heterocycles. The Morgan fingerprint density at radius 3 is 2.57 bits per heavy atom. The van der Waals surface area contributed by atoms with E-state index >= 15 is 0 Å². The second-order valence-corrected chi connectivity index (χ2v) is 5.89. The fraction of sp³-hybridized carbons (Fsp3) is 0.312. The Balaban J connectivity index is 1.89. The number of nitrogens with zero attached hydrogens (tertiary/aromatic N) is 1. The lowest BCUT2D eigenvalue weighted by Gasteiger charge is -2.23. The number of hydrogen-bond donors (Lipinski definition) is 1. The van der Waals surface area contributed by atoms with Crippen LogP contribution in [0.2, 0.25) is 0 Å². The van der Waals surface area contributed by atoms with Crippen molar-refractivity contribution in [2.24, 2.45) is 0 Å². The summed E-state index contributed by atoms with van der Waals surface area (Å²) in [6, 6.07) is 7.53. The van der Waals surface area contributed by atoms with Gasteiger partial charge in [0.1, 0.15) is 5.75 Å². The van der Waals surface area contributed by atoms with E-state index in [1.54, 1.807) is 11.3 Å². The molecule has 2 aromatic rings. The molecule has 1 aromatic carbocycles. The van der Waals surface area contributed by atoms with Crippen LogP contribution >= 0.6 is 11.3 Å². The smallest absolute Gasteiger partial charge is 0.387 e. The SMILES string of the molecule is C[C@H](C(=O)Nc1ccc(OC(F)F)cc1)N(C)Cc1ccsc1. The van der Waals surface area contributed by atoms with E-state index in [2.05, 4.69) is 10.1 Å². The molecule has 2 rings (SSSR count). The molecule has 4 nitrogen and oxygen atoms in total. The zero-order valence-corrected chi connectivity index (χ0v) is 13.6. The first-order valence-corrected chi connectivity index (χ1v) is 7.97. The Morgan fingerprint density at radius 2 is 2.00 bits per heavy atom. The van der Waals surface area contributed by atoms with Crippen LogP contribution in [0.5, 0.6) is 5.75 Å². The third kappa shape index (κ3) is 5.30.